The van der Waals surface area contributed by atoms with Crippen LogP contribution in [0.1, 0.15) is 16.7 Å². The molecule has 0 aliphatic rings. The minimum atomic E-state index is -0.254. The Morgan fingerprint density at radius 3 is 3.00 bits per heavy atom. The van der Waals surface area contributed by atoms with E-state index in [0.717, 1.165) is 15.8 Å². The monoisotopic (exact) mass is 280 g/mol. The zero-order valence-corrected chi connectivity index (χ0v) is 10.7. The average Bonchev–Trinajstić information content (AvgIpc) is 2.98. The molecule has 92 valence electrons. The van der Waals surface area contributed by atoms with Gasteiger partial charge < -0.3 is 4.42 Å². The molecule has 0 spiro atoms. The van der Waals surface area contributed by atoms with Crippen molar-refractivity contribution >= 4 is 34.1 Å². The lowest BCUT2D eigenvalue weighted by atomic mass is 10.2. The molecule has 2 aromatic heterocycles. The predicted octanol–water partition coefficient (Wildman–Crippen LogP) is 2.49. The number of furan rings is 1. The molecule has 0 radical (unpaired) electrons. The van der Waals surface area contributed by atoms with E-state index in [0.29, 0.717) is 10.8 Å². The second-order valence-corrected chi connectivity index (χ2v) is 5.00. The molecule has 0 fully saturated rings. The van der Waals surface area contributed by atoms with Crippen molar-refractivity contribution < 1.29 is 4.42 Å². The summed E-state index contributed by atoms with van der Waals surface area (Å²) in [7, 11) is 0. The van der Waals surface area contributed by atoms with Crippen molar-refractivity contribution in [3.8, 4) is 0 Å². The molecule has 1 unspecified atom stereocenters. The first kappa shape index (κ1) is 11.6. The molecule has 2 heterocycles. The third-order valence-corrected chi connectivity index (χ3v) is 3.57. The Balaban J connectivity index is 2.07. The Labute approximate surface area is 112 Å². The Hall–Kier alpha value is -1.47. The van der Waals surface area contributed by atoms with Gasteiger partial charge >= 0.3 is 0 Å². The van der Waals surface area contributed by atoms with Crippen molar-refractivity contribution in [2.75, 3.05) is 0 Å². The first-order valence-corrected chi connectivity index (χ1v) is 6.35. The Morgan fingerprint density at radius 1 is 1.39 bits per heavy atom. The number of hydrogen-bond acceptors (Lipinski definition) is 6. The first-order chi connectivity index (χ1) is 8.78. The van der Waals surface area contributed by atoms with Crippen LogP contribution < -0.4 is 11.3 Å². The van der Waals surface area contributed by atoms with E-state index in [1.165, 1.54) is 11.5 Å². The van der Waals surface area contributed by atoms with Gasteiger partial charge in [0.2, 0.25) is 0 Å². The maximum absolute atomic E-state index is 5.94. The quantitative estimate of drug-likeness (QED) is 0.569. The van der Waals surface area contributed by atoms with E-state index in [-0.39, 0.29) is 6.04 Å². The molecule has 0 aliphatic heterocycles. The lowest BCUT2D eigenvalue weighted by molar-refractivity contribution is 0.481. The number of hydrazine groups is 1. The van der Waals surface area contributed by atoms with Crippen molar-refractivity contribution in [2.24, 2.45) is 5.84 Å². The minimum Gasteiger partial charge on any atom is -0.459 e. The van der Waals surface area contributed by atoms with Crippen LogP contribution in [-0.4, -0.2) is 9.59 Å². The zero-order chi connectivity index (χ0) is 12.5. The van der Waals surface area contributed by atoms with E-state index in [2.05, 4.69) is 15.0 Å². The highest BCUT2D eigenvalue weighted by atomic mass is 35.5. The van der Waals surface area contributed by atoms with Gasteiger partial charge in [-0.15, -0.1) is 5.10 Å². The van der Waals surface area contributed by atoms with Crippen molar-refractivity contribution in [2.45, 2.75) is 6.04 Å². The standard InChI is InChI=1S/C11H9ClN4OS/c12-7-1-2-8-6(3-7)4-9(17-8)11(15-13)10-5-14-16-18-10/h1-5,11,15H,13H2. The smallest absolute Gasteiger partial charge is 0.134 e. The molecule has 18 heavy (non-hydrogen) atoms. The number of hydrogen-bond donors (Lipinski definition) is 2. The average molecular weight is 281 g/mol. The fourth-order valence-electron chi connectivity index (χ4n) is 1.78. The van der Waals surface area contributed by atoms with Crippen LogP contribution in [0.25, 0.3) is 11.0 Å². The molecule has 1 atom stereocenters. The lowest BCUT2D eigenvalue weighted by Gasteiger charge is -2.08. The van der Waals surface area contributed by atoms with Gasteiger partial charge in [-0.05, 0) is 35.8 Å². The summed E-state index contributed by atoms with van der Waals surface area (Å²) in [5.74, 6) is 6.27. The van der Waals surface area contributed by atoms with Crippen molar-refractivity contribution in [1.29, 1.82) is 0 Å². The summed E-state index contributed by atoms with van der Waals surface area (Å²) in [5, 5.41) is 5.41. The summed E-state index contributed by atoms with van der Waals surface area (Å²) >= 11 is 7.21. The highest BCUT2D eigenvalue weighted by Gasteiger charge is 2.19. The number of nitrogens with zero attached hydrogens (tertiary/aromatic N) is 2. The van der Waals surface area contributed by atoms with Crippen LogP contribution in [-0.2, 0) is 0 Å². The van der Waals surface area contributed by atoms with Crippen molar-refractivity contribution in [3.63, 3.8) is 0 Å². The highest BCUT2D eigenvalue weighted by molar-refractivity contribution is 7.05. The van der Waals surface area contributed by atoms with Crippen LogP contribution in [0.15, 0.2) is 34.9 Å². The number of nitrogens with one attached hydrogen (secondary N) is 1. The SMILES string of the molecule is NNC(c1cc2cc(Cl)ccc2o1)c1cnns1. The third-order valence-electron chi connectivity index (χ3n) is 2.61. The Morgan fingerprint density at radius 2 is 2.28 bits per heavy atom. The topological polar surface area (TPSA) is 77.0 Å². The summed E-state index contributed by atoms with van der Waals surface area (Å²) in [6.45, 7) is 0. The molecule has 1 aromatic carbocycles. The molecule has 3 N–H and O–H groups in total. The normalized spacial score (nSPS) is 13.0. The van der Waals surface area contributed by atoms with E-state index < -0.39 is 0 Å². The van der Waals surface area contributed by atoms with E-state index in [9.17, 15) is 0 Å². The number of rotatable bonds is 3. The number of benzene rings is 1. The fraction of sp³-hybridized carbons (Fsp3) is 0.0909. The van der Waals surface area contributed by atoms with Crippen LogP contribution >= 0.6 is 23.1 Å². The maximum atomic E-state index is 5.94. The molecule has 0 bridgehead atoms. The van der Waals surface area contributed by atoms with Gasteiger partial charge in [0.25, 0.3) is 0 Å². The van der Waals surface area contributed by atoms with Crippen LogP contribution in [0, 0.1) is 0 Å². The van der Waals surface area contributed by atoms with E-state index in [4.69, 9.17) is 21.9 Å². The summed E-state index contributed by atoms with van der Waals surface area (Å²) in [6, 6.07) is 7.13. The van der Waals surface area contributed by atoms with Gasteiger partial charge in [-0.25, -0.2) is 5.43 Å². The molecule has 3 rings (SSSR count). The number of nitrogens with two attached hydrogens (primary N) is 1. The van der Waals surface area contributed by atoms with Gasteiger partial charge in [0.15, 0.2) is 0 Å². The summed E-state index contributed by atoms with van der Waals surface area (Å²) in [4.78, 5) is 0.891. The summed E-state index contributed by atoms with van der Waals surface area (Å²) in [5.41, 5.74) is 3.47. The van der Waals surface area contributed by atoms with E-state index >= 15 is 0 Å². The molecule has 0 aliphatic carbocycles. The maximum Gasteiger partial charge on any atom is 0.134 e. The fourth-order valence-corrected chi connectivity index (χ4v) is 2.54. The van der Waals surface area contributed by atoms with E-state index in [1.54, 1.807) is 12.3 Å². The molecule has 5 nitrogen and oxygen atoms in total. The molecule has 0 saturated carbocycles. The lowest BCUT2D eigenvalue weighted by Crippen LogP contribution is -2.27. The summed E-state index contributed by atoms with van der Waals surface area (Å²) < 4.78 is 9.57. The highest BCUT2D eigenvalue weighted by Crippen LogP contribution is 2.30. The van der Waals surface area contributed by atoms with Gasteiger partial charge in [0.1, 0.15) is 17.4 Å². The van der Waals surface area contributed by atoms with Gasteiger partial charge in [0, 0.05) is 10.4 Å². The largest absolute Gasteiger partial charge is 0.459 e. The van der Waals surface area contributed by atoms with Gasteiger partial charge in [-0.1, -0.05) is 16.1 Å². The molecular weight excluding hydrogens is 272 g/mol. The van der Waals surface area contributed by atoms with E-state index in [1.807, 2.05) is 18.2 Å². The van der Waals surface area contributed by atoms with Crippen LogP contribution in [0.2, 0.25) is 5.02 Å². The molecule has 0 saturated heterocycles. The van der Waals surface area contributed by atoms with Crippen molar-refractivity contribution in [3.05, 3.63) is 46.1 Å². The number of aromatic nitrogens is 2. The number of fused-ring (bicyclic) bond motifs is 1. The predicted molar refractivity (Wildman–Crippen MR) is 70.3 cm³/mol. The Kier molecular flexibility index (Phi) is 3.00. The molecule has 0 amide bonds. The summed E-state index contributed by atoms with van der Waals surface area (Å²) in [6.07, 6.45) is 1.66. The minimum absolute atomic E-state index is 0.254. The van der Waals surface area contributed by atoms with Gasteiger partial charge in [-0.3, -0.25) is 5.84 Å². The molecule has 7 heteroatoms. The van der Waals surface area contributed by atoms with Gasteiger partial charge in [0.05, 0.1) is 11.1 Å². The zero-order valence-electron chi connectivity index (χ0n) is 9.13. The van der Waals surface area contributed by atoms with Crippen LogP contribution in [0.5, 0.6) is 0 Å². The second-order valence-electron chi connectivity index (χ2n) is 3.75. The van der Waals surface area contributed by atoms with Crippen molar-refractivity contribution in [1.82, 2.24) is 15.0 Å². The number of halogens is 1. The Bertz CT molecular complexity index is 667. The van der Waals surface area contributed by atoms with Gasteiger partial charge in [-0.2, -0.15) is 0 Å². The van der Waals surface area contributed by atoms with Crippen LogP contribution in [0.4, 0.5) is 0 Å². The van der Waals surface area contributed by atoms with Crippen LogP contribution in [0.3, 0.4) is 0 Å². The molecular formula is C11H9ClN4OS. The second kappa shape index (κ2) is 4.66. The molecule has 3 aromatic rings. The third kappa shape index (κ3) is 1.99. The first-order valence-electron chi connectivity index (χ1n) is 5.20.